The standard InChI is InChI=1S/C7H9N3O4/c1-3(11)6(13)14-5-4(12)9-7(8)10(5)2/h5H,1-2H3,(H2,8,9,12). The normalized spacial score (nSPS) is 20.7. The van der Waals surface area contributed by atoms with Gasteiger partial charge in [-0.05, 0) is 0 Å². The zero-order valence-electron chi connectivity index (χ0n) is 7.66. The van der Waals surface area contributed by atoms with Crippen LogP contribution in [0.4, 0.5) is 0 Å². The summed E-state index contributed by atoms with van der Waals surface area (Å²) in [5.74, 6) is -2.68. The third kappa shape index (κ3) is 1.70. The molecule has 1 fully saturated rings. The molecule has 0 spiro atoms. The molecule has 1 heterocycles. The van der Waals surface area contributed by atoms with Gasteiger partial charge in [-0.25, -0.2) is 4.79 Å². The first-order chi connectivity index (χ1) is 6.43. The lowest BCUT2D eigenvalue weighted by Gasteiger charge is -2.16. The topological polar surface area (TPSA) is 99.6 Å². The molecule has 1 atom stereocenters. The first-order valence-electron chi connectivity index (χ1n) is 3.77. The van der Waals surface area contributed by atoms with Crippen LogP contribution in [-0.4, -0.2) is 41.8 Å². The van der Waals surface area contributed by atoms with Crippen molar-refractivity contribution in [1.29, 1.82) is 5.41 Å². The molecule has 76 valence electrons. The molecule has 1 amide bonds. The number of hydrogen-bond acceptors (Lipinski definition) is 5. The molecule has 7 nitrogen and oxygen atoms in total. The largest absolute Gasteiger partial charge is 0.426 e. The van der Waals surface area contributed by atoms with Gasteiger partial charge in [0.1, 0.15) is 0 Å². The van der Waals surface area contributed by atoms with E-state index in [1.54, 1.807) is 0 Å². The number of nitrogens with one attached hydrogen (secondary N) is 2. The zero-order chi connectivity index (χ0) is 10.9. The number of nitrogens with zero attached hydrogens (tertiary/aromatic N) is 1. The molecule has 1 unspecified atom stereocenters. The van der Waals surface area contributed by atoms with E-state index in [4.69, 9.17) is 5.41 Å². The Hall–Kier alpha value is -1.92. The highest BCUT2D eigenvalue weighted by Gasteiger charge is 2.37. The second kappa shape index (κ2) is 3.44. The van der Waals surface area contributed by atoms with Crippen molar-refractivity contribution in [3.63, 3.8) is 0 Å². The number of esters is 1. The van der Waals surface area contributed by atoms with Gasteiger partial charge in [0, 0.05) is 14.0 Å². The fourth-order valence-electron chi connectivity index (χ4n) is 0.877. The van der Waals surface area contributed by atoms with Crippen LogP contribution in [0.2, 0.25) is 0 Å². The average Bonchev–Trinajstić information content (AvgIpc) is 2.32. The van der Waals surface area contributed by atoms with Gasteiger partial charge in [-0.2, -0.15) is 0 Å². The van der Waals surface area contributed by atoms with Crippen LogP contribution in [0.25, 0.3) is 0 Å². The van der Waals surface area contributed by atoms with Crippen molar-refractivity contribution in [1.82, 2.24) is 10.2 Å². The van der Waals surface area contributed by atoms with E-state index in [0.29, 0.717) is 0 Å². The van der Waals surface area contributed by atoms with Gasteiger partial charge in [-0.1, -0.05) is 0 Å². The zero-order valence-corrected chi connectivity index (χ0v) is 7.66. The Morgan fingerprint density at radius 3 is 2.50 bits per heavy atom. The average molecular weight is 199 g/mol. The summed E-state index contributed by atoms with van der Waals surface area (Å²) in [7, 11) is 1.40. The summed E-state index contributed by atoms with van der Waals surface area (Å²) in [4.78, 5) is 33.6. The molecule has 1 saturated heterocycles. The molecule has 0 aromatic rings. The Labute approximate surface area is 79.5 Å². The first-order valence-corrected chi connectivity index (χ1v) is 3.77. The fraction of sp³-hybridized carbons (Fsp3) is 0.429. The lowest BCUT2D eigenvalue weighted by Crippen LogP contribution is -2.37. The summed E-state index contributed by atoms with van der Waals surface area (Å²) >= 11 is 0. The molecule has 2 N–H and O–H groups in total. The van der Waals surface area contributed by atoms with Crippen LogP contribution < -0.4 is 5.32 Å². The van der Waals surface area contributed by atoms with E-state index >= 15 is 0 Å². The Bertz CT molecular complexity index is 325. The second-order valence-corrected chi connectivity index (χ2v) is 2.76. The van der Waals surface area contributed by atoms with E-state index in [1.165, 1.54) is 7.05 Å². The molecule has 0 bridgehead atoms. The minimum absolute atomic E-state index is 0.170. The van der Waals surface area contributed by atoms with E-state index in [2.05, 4.69) is 10.1 Å². The molecule has 0 aromatic carbocycles. The number of rotatable bonds is 2. The fourth-order valence-corrected chi connectivity index (χ4v) is 0.877. The van der Waals surface area contributed by atoms with Gasteiger partial charge in [-0.3, -0.25) is 20.3 Å². The summed E-state index contributed by atoms with van der Waals surface area (Å²) in [6.07, 6.45) is -1.22. The molecule has 14 heavy (non-hydrogen) atoms. The van der Waals surface area contributed by atoms with Crippen LogP contribution in [0.5, 0.6) is 0 Å². The molecule has 7 heteroatoms. The number of likely N-dealkylation sites (N-methyl/N-ethyl adjacent to an activating group) is 1. The second-order valence-electron chi connectivity index (χ2n) is 2.76. The summed E-state index contributed by atoms with van der Waals surface area (Å²) in [5.41, 5.74) is 0. The number of hydrogen-bond donors (Lipinski definition) is 2. The highest BCUT2D eigenvalue weighted by molar-refractivity contribution is 6.32. The van der Waals surface area contributed by atoms with Crippen molar-refractivity contribution in [2.24, 2.45) is 0 Å². The van der Waals surface area contributed by atoms with Crippen LogP contribution >= 0.6 is 0 Å². The minimum Gasteiger partial charge on any atom is -0.426 e. The van der Waals surface area contributed by atoms with Gasteiger partial charge in [-0.15, -0.1) is 0 Å². The van der Waals surface area contributed by atoms with Gasteiger partial charge in [0.15, 0.2) is 0 Å². The summed E-state index contributed by atoms with van der Waals surface area (Å²) in [6, 6.07) is 0. The summed E-state index contributed by atoms with van der Waals surface area (Å²) in [5, 5.41) is 9.33. The lowest BCUT2D eigenvalue weighted by atomic mass is 10.4. The van der Waals surface area contributed by atoms with Crippen molar-refractivity contribution in [3.8, 4) is 0 Å². The van der Waals surface area contributed by atoms with E-state index in [1.807, 2.05) is 0 Å². The number of carbonyl (C=O) groups is 3. The molecular weight excluding hydrogens is 190 g/mol. The van der Waals surface area contributed by atoms with Crippen LogP contribution in [-0.2, 0) is 19.1 Å². The predicted molar refractivity (Wildman–Crippen MR) is 44.2 cm³/mol. The monoisotopic (exact) mass is 199 g/mol. The quantitative estimate of drug-likeness (QED) is 0.414. The highest BCUT2D eigenvalue weighted by Crippen LogP contribution is 2.06. The van der Waals surface area contributed by atoms with Crippen LogP contribution in [0.1, 0.15) is 6.92 Å². The third-order valence-corrected chi connectivity index (χ3v) is 1.68. The van der Waals surface area contributed by atoms with E-state index in [9.17, 15) is 14.4 Å². The Morgan fingerprint density at radius 2 is 2.14 bits per heavy atom. The van der Waals surface area contributed by atoms with Crippen LogP contribution in [0.15, 0.2) is 0 Å². The number of ketones is 1. The van der Waals surface area contributed by atoms with Gasteiger partial charge in [0.05, 0.1) is 0 Å². The van der Waals surface area contributed by atoms with Crippen molar-refractivity contribution in [3.05, 3.63) is 0 Å². The Kier molecular flexibility index (Phi) is 2.50. The minimum atomic E-state index is -1.22. The number of guanidine groups is 1. The van der Waals surface area contributed by atoms with E-state index in [0.717, 1.165) is 11.8 Å². The maximum absolute atomic E-state index is 11.1. The molecule has 0 radical (unpaired) electrons. The Morgan fingerprint density at radius 1 is 1.57 bits per heavy atom. The molecular formula is C7H9N3O4. The van der Waals surface area contributed by atoms with Gasteiger partial charge < -0.3 is 9.64 Å². The highest BCUT2D eigenvalue weighted by atomic mass is 16.6. The van der Waals surface area contributed by atoms with Gasteiger partial charge >= 0.3 is 5.97 Å². The number of amides is 1. The van der Waals surface area contributed by atoms with Crippen molar-refractivity contribution >= 4 is 23.6 Å². The molecule has 1 aliphatic rings. The molecule has 0 aromatic heterocycles. The maximum Gasteiger partial charge on any atom is 0.376 e. The van der Waals surface area contributed by atoms with Gasteiger partial charge in [0.25, 0.3) is 12.1 Å². The number of ether oxygens (including phenoxy) is 1. The summed E-state index contributed by atoms with van der Waals surface area (Å²) < 4.78 is 4.55. The Balaban J connectivity index is 2.70. The molecule has 1 aliphatic heterocycles. The summed E-state index contributed by atoms with van der Waals surface area (Å²) in [6.45, 7) is 1.04. The number of carbonyl (C=O) groups excluding carboxylic acids is 3. The molecule has 1 rings (SSSR count). The van der Waals surface area contributed by atoms with E-state index < -0.39 is 23.9 Å². The van der Waals surface area contributed by atoms with E-state index in [-0.39, 0.29) is 5.96 Å². The van der Waals surface area contributed by atoms with Crippen LogP contribution in [0.3, 0.4) is 0 Å². The number of Topliss-reactive ketones (excluding diaryl/α,β-unsaturated/α-hetero) is 1. The van der Waals surface area contributed by atoms with Crippen molar-refractivity contribution in [2.75, 3.05) is 7.05 Å². The predicted octanol–water partition coefficient (Wildman–Crippen LogP) is -1.56. The smallest absolute Gasteiger partial charge is 0.376 e. The SMILES string of the molecule is CC(=O)C(=O)OC1C(=O)NC(=N)N1C. The maximum atomic E-state index is 11.1. The van der Waals surface area contributed by atoms with Crippen molar-refractivity contribution < 1.29 is 19.1 Å². The molecule has 0 aliphatic carbocycles. The third-order valence-electron chi connectivity index (χ3n) is 1.68. The first kappa shape index (κ1) is 10.2. The molecule has 0 saturated carbocycles. The lowest BCUT2D eigenvalue weighted by molar-refractivity contribution is -0.164. The van der Waals surface area contributed by atoms with Crippen LogP contribution in [0, 0.1) is 5.41 Å². The van der Waals surface area contributed by atoms with Gasteiger partial charge in [0.2, 0.25) is 11.7 Å². The van der Waals surface area contributed by atoms with Crippen molar-refractivity contribution in [2.45, 2.75) is 13.2 Å².